The summed E-state index contributed by atoms with van der Waals surface area (Å²) >= 11 is 0. The number of Topliss-reactive ketones (excluding diaryl/α,β-unsaturated/α-hetero) is 1. The minimum atomic E-state index is -3.31. The maximum absolute atomic E-state index is 11.7. The van der Waals surface area contributed by atoms with Gasteiger partial charge in [0.15, 0.2) is 15.6 Å². The summed E-state index contributed by atoms with van der Waals surface area (Å²) in [5, 5.41) is -0.972. The Kier molecular flexibility index (Phi) is 3.29. The summed E-state index contributed by atoms with van der Waals surface area (Å²) < 4.78 is 22.4. The van der Waals surface area contributed by atoms with Gasteiger partial charge in [0.25, 0.3) is 0 Å². The first-order valence-corrected chi connectivity index (χ1v) is 6.57. The van der Waals surface area contributed by atoms with E-state index in [1.807, 2.05) is 6.92 Å². The SMILES string of the molecule is Cc1ccc(C(=O)[C@@H](C)S(C)(=O)=O)cc1. The van der Waals surface area contributed by atoms with Crippen molar-refractivity contribution < 1.29 is 13.2 Å². The van der Waals surface area contributed by atoms with Crippen molar-refractivity contribution in [1.29, 1.82) is 0 Å². The number of ketones is 1. The topological polar surface area (TPSA) is 51.2 Å². The zero-order valence-corrected chi connectivity index (χ0v) is 9.84. The molecule has 0 bridgehead atoms. The number of aryl methyl sites for hydroxylation is 1. The molecular weight excluding hydrogens is 212 g/mol. The molecule has 0 N–H and O–H groups in total. The Bertz CT molecular complexity index is 457. The maximum atomic E-state index is 11.7. The van der Waals surface area contributed by atoms with Crippen LogP contribution in [0.5, 0.6) is 0 Å². The molecule has 0 aromatic heterocycles. The van der Waals surface area contributed by atoms with Crippen molar-refractivity contribution in [2.45, 2.75) is 19.1 Å². The van der Waals surface area contributed by atoms with E-state index < -0.39 is 15.1 Å². The van der Waals surface area contributed by atoms with E-state index in [9.17, 15) is 13.2 Å². The normalized spacial score (nSPS) is 13.5. The fourth-order valence-electron chi connectivity index (χ4n) is 1.15. The van der Waals surface area contributed by atoms with E-state index in [1.165, 1.54) is 6.92 Å². The molecule has 0 unspecified atom stereocenters. The molecule has 0 saturated carbocycles. The highest BCUT2D eigenvalue weighted by Gasteiger charge is 2.24. The van der Waals surface area contributed by atoms with Crippen LogP contribution in [0.3, 0.4) is 0 Å². The van der Waals surface area contributed by atoms with Crippen molar-refractivity contribution in [3.05, 3.63) is 35.4 Å². The molecule has 1 aromatic carbocycles. The van der Waals surface area contributed by atoms with Crippen LogP contribution in [-0.2, 0) is 9.84 Å². The molecule has 0 saturated heterocycles. The molecule has 0 heterocycles. The summed E-state index contributed by atoms with van der Waals surface area (Å²) in [5.41, 5.74) is 1.48. The van der Waals surface area contributed by atoms with Crippen LogP contribution in [-0.4, -0.2) is 25.7 Å². The number of hydrogen-bond donors (Lipinski definition) is 0. The molecule has 0 aliphatic carbocycles. The maximum Gasteiger partial charge on any atom is 0.180 e. The highest BCUT2D eigenvalue weighted by atomic mass is 32.2. The highest BCUT2D eigenvalue weighted by molar-refractivity contribution is 7.92. The molecule has 4 heteroatoms. The molecule has 82 valence electrons. The molecule has 0 radical (unpaired) electrons. The molecule has 0 aliphatic rings. The minimum Gasteiger partial charge on any atom is -0.293 e. The predicted octanol–water partition coefficient (Wildman–Crippen LogP) is 1.61. The first kappa shape index (κ1) is 11.9. The quantitative estimate of drug-likeness (QED) is 0.736. The Morgan fingerprint density at radius 1 is 1.20 bits per heavy atom. The van der Waals surface area contributed by atoms with Gasteiger partial charge in [0.2, 0.25) is 0 Å². The average molecular weight is 226 g/mol. The molecule has 0 fully saturated rings. The van der Waals surface area contributed by atoms with Gasteiger partial charge in [-0.25, -0.2) is 8.42 Å². The van der Waals surface area contributed by atoms with Gasteiger partial charge in [0.05, 0.1) is 0 Å². The lowest BCUT2D eigenvalue weighted by atomic mass is 10.1. The fraction of sp³-hybridized carbons (Fsp3) is 0.364. The van der Waals surface area contributed by atoms with Crippen molar-refractivity contribution in [1.82, 2.24) is 0 Å². The Morgan fingerprint density at radius 2 is 1.67 bits per heavy atom. The molecule has 3 nitrogen and oxygen atoms in total. The van der Waals surface area contributed by atoms with Crippen LogP contribution >= 0.6 is 0 Å². The summed E-state index contributed by atoms with van der Waals surface area (Å²) in [4.78, 5) is 11.7. The van der Waals surface area contributed by atoms with Crippen molar-refractivity contribution >= 4 is 15.6 Å². The number of carbonyl (C=O) groups excluding carboxylic acids is 1. The van der Waals surface area contributed by atoms with Crippen LogP contribution in [0.1, 0.15) is 22.8 Å². The summed E-state index contributed by atoms with van der Waals surface area (Å²) in [6.07, 6.45) is 1.07. The van der Waals surface area contributed by atoms with Gasteiger partial charge in [-0.15, -0.1) is 0 Å². The van der Waals surface area contributed by atoms with Crippen LogP contribution in [0.25, 0.3) is 0 Å². The van der Waals surface area contributed by atoms with Gasteiger partial charge < -0.3 is 0 Å². The van der Waals surface area contributed by atoms with E-state index in [0.717, 1.165) is 11.8 Å². The lowest BCUT2D eigenvalue weighted by Crippen LogP contribution is -2.26. The molecular formula is C11H14O3S. The molecule has 1 aromatic rings. The molecule has 0 spiro atoms. The Balaban J connectivity index is 3.01. The van der Waals surface area contributed by atoms with E-state index in [-0.39, 0.29) is 5.78 Å². The van der Waals surface area contributed by atoms with Crippen LogP contribution < -0.4 is 0 Å². The lowest BCUT2D eigenvalue weighted by molar-refractivity contribution is 0.0991. The third kappa shape index (κ3) is 2.89. The van der Waals surface area contributed by atoms with Crippen LogP contribution in [0.15, 0.2) is 24.3 Å². The Morgan fingerprint density at radius 3 is 2.07 bits per heavy atom. The zero-order valence-electron chi connectivity index (χ0n) is 9.02. The summed E-state index contributed by atoms with van der Waals surface area (Å²) in [5.74, 6) is -0.350. The van der Waals surface area contributed by atoms with Gasteiger partial charge in [-0.05, 0) is 13.8 Å². The molecule has 0 amide bonds. The highest BCUT2D eigenvalue weighted by Crippen LogP contribution is 2.10. The van der Waals surface area contributed by atoms with Crippen molar-refractivity contribution in [3.63, 3.8) is 0 Å². The van der Waals surface area contributed by atoms with Gasteiger partial charge in [-0.1, -0.05) is 29.8 Å². The van der Waals surface area contributed by atoms with Crippen LogP contribution in [0, 0.1) is 6.92 Å². The van der Waals surface area contributed by atoms with Crippen molar-refractivity contribution in [2.24, 2.45) is 0 Å². The fourth-order valence-corrected chi connectivity index (χ4v) is 1.67. The number of hydrogen-bond acceptors (Lipinski definition) is 3. The predicted molar refractivity (Wildman–Crippen MR) is 59.8 cm³/mol. The second-order valence-corrected chi connectivity index (χ2v) is 6.07. The standard InChI is InChI=1S/C11H14O3S/c1-8-4-6-10(7-5-8)11(12)9(2)15(3,13)14/h4-7,9H,1-3H3/t9-/m1/s1. The molecule has 1 atom stereocenters. The minimum absolute atomic E-state index is 0.350. The first-order chi connectivity index (χ1) is 6.82. The van der Waals surface area contributed by atoms with E-state index in [0.29, 0.717) is 5.56 Å². The number of carbonyl (C=O) groups is 1. The lowest BCUT2D eigenvalue weighted by Gasteiger charge is -2.08. The number of benzene rings is 1. The second kappa shape index (κ2) is 4.14. The summed E-state index contributed by atoms with van der Waals surface area (Å²) in [6, 6.07) is 6.89. The third-order valence-corrected chi connectivity index (χ3v) is 3.85. The summed E-state index contributed by atoms with van der Waals surface area (Å²) in [7, 11) is -3.31. The van der Waals surface area contributed by atoms with Gasteiger partial charge in [-0.3, -0.25) is 4.79 Å². The monoisotopic (exact) mass is 226 g/mol. The third-order valence-electron chi connectivity index (χ3n) is 2.35. The number of sulfone groups is 1. The molecule has 15 heavy (non-hydrogen) atoms. The smallest absolute Gasteiger partial charge is 0.180 e. The Hall–Kier alpha value is -1.16. The van der Waals surface area contributed by atoms with E-state index in [2.05, 4.69) is 0 Å². The van der Waals surface area contributed by atoms with Crippen LogP contribution in [0.4, 0.5) is 0 Å². The Labute approximate surface area is 90.0 Å². The molecule has 1 rings (SSSR count). The van der Waals surface area contributed by atoms with Crippen LogP contribution in [0.2, 0.25) is 0 Å². The van der Waals surface area contributed by atoms with Crippen molar-refractivity contribution in [3.8, 4) is 0 Å². The van der Waals surface area contributed by atoms with Gasteiger partial charge in [0.1, 0.15) is 5.25 Å². The van der Waals surface area contributed by atoms with E-state index in [1.54, 1.807) is 24.3 Å². The largest absolute Gasteiger partial charge is 0.293 e. The summed E-state index contributed by atoms with van der Waals surface area (Å²) in [6.45, 7) is 3.33. The average Bonchev–Trinajstić information content (AvgIpc) is 2.15. The van der Waals surface area contributed by atoms with E-state index >= 15 is 0 Å². The second-order valence-electron chi connectivity index (χ2n) is 3.70. The number of rotatable bonds is 3. The van der Waals surface area contributed by atoms with Crippen molar-refractivity contribution in [2.75, 3.05) is 6.26 Å². The first-order valence-electron chi connectivity index (χ1n) is 4.62. The van der Waals surface area contributed by atoms with Gasteiger partial charge >= 0.3 is 0 Å². The van der Waals surface area contributed by atoms with Gasteiger partial charge in [-0.2, -0.15) is 0 Å². The molecule has 0 aliphatic heterocycles. The van der Waals surface area contributed by atoms with Gasteiger partial charge in [0, 0.05) is 11.8 Å². The zero-order chi connectivity index (χ0) is 11.6. The van der Waals surface area contributed by atoms with E-state index in [4.69, 9.17) is 0 Å².